The smallest absolute Gasteiger partial charge is 0.302 e. The molecular weight excluding hydrogens is 128 g/mol. The van der Waals surface area contributed by atoms with Crippen LogP contribution in [0.1, 0.15) is 19.8 Å². The average Bonchev–Trinajstić information content (AvgIpc) is 1.88. The van der Waals surface area contributed by atoms with Gasteiger partial charge in [0, 0.05) is 13.3 Å². The van der Waals surface area contributed by atoms with Gasteiger partial charge in [0.2, 0.25) is 0 Å². The third-order valence-corrected chi connectivity index (χ3v) is 1.40. The second-order valence-corrected chi connectivity index (χ2v) is 2.37. The van der Waals surface area contributed by atoms with Crippen molar-refractivity contribution in [1.29, 1.82) is 0 Å². The number of hydrogen-bond acceptors (Lipinski definition) is 2. The van der Waals surface area contributed by atoms with E-state index in [0.29, 0.717) is 0 Å². The van der Waals surface area contributed by atoms with Gasteiger partial charge in [-0.1, -0.05) is 12.2 Å². The van der Waals surface area contributed by atoms with Crippen LogP contribution in [0.4, 0.5) is 0 Å². The van der Waals surface area contributed by atoms with Gasteiger partial charge in [0.1, 0.15) is 6.10 Å². The predicted octanol–water partition coefficient (Wildman–Crippen LogP) is 1.47. The highest BCUT2D eigenvalue weighted by molar-refractivity contribution is 5.66. The molecule has 0 heterocycles. The molecule has 1 atom stereocenters. The minimum absolute atomic E-state index is 0.0856. The zero-order chi connectivity index (χ0) is 7.40. The largest absolute Gasteiger partial charge is 0.462 e. The zero-order valence-corrected chi connectivity index (χ0v) is 6.04. The highest BCUT2D eigenvalue weighted by Crippen LogP contribution is 2.13. The van der Waals surface area contributed by atoms with E-state index in [-0.39, 0.29) is 12.1 Å². The summed E-state index contributed by atoms with van der Waals surface area (Å²) in [4.78, 5) is 10.5. The number of carbonyl (C=O) groups excluding carboxylic acids is 1. The maximum atomic E-state index is 10.5. The Morgan fingerprint density at radius 3 is 2.90 bits per heavy atom. The van der Waals surface area contributed by atoms with Crippen LogP contribution in [0.5, 0.6) is 0 Å². The van der Waals surface area contributed by atoms with Gasteiger partial charge in [-0.3, -0.25) is 4.79 Å². The molecule has 0 fully saturated rings. The van der Waals surface area contributed by atoms with E-state index in [1.54, 1.807) is 0 Å². The third-order valence-electron chi connectivity index (χ3n) is 1.40. The molecule has 10 heavy (non-hydrogen) atoms. The molecule has 0 aromatic rings. The second kappa shape index (κ2) is 3.40. The van der Waals surface area contributed by atoms with Crippen LogP contribution in [0.25, 0.3) is 0 Å². The first-order valence-electron chi connectivity index (χ1n) is 3.44. The van der Waals surface area contributed by atoms with Gasteiger partial charge in [-0.25, -0.2) is 0 Å². The molecule has 0 saturated carbocycles. The lowest BCUT2D eigenvalue weighted by molar-refractivity contribution is -0.146. The molecular formula is C8H11O2. The van der Waals surface area contributed by atoms with Crippen LogP contribution < -0.4 is 0 Å². The maximum Gasteiger partial charge on any atom is 0.302 e. The fourth-order valence-corrected chi connectivity index (χ4v) is 0.984. The molecule has 1 unspecified atom stereocenters. The number of hydrogen-bond donors (Lipinski definition) is 0. The second-order valence-electron chi connectivity index (χ2n) is 2.37. The van der Waals surface area contributed by atoms with Crippen molar-refractivity contribution >= 4 is 5.97 Å². The van der Waals surface area contributed by atoms with Gasteiger partial charge in [-0.15, -0.1) is 0 Å². The molecule has 1 rings (SSSR count). The fraction of sp³-hybridized carbons (Fsp3) is 0.500. The van der Waals surface area contributed by atoms with Crippen molar-refractivity contribution in [1.82, 2.24) is 0 Å². The molecule has 0 amide bonds. The summed E-state index contributed by atoms with van der Waals surface area (Å²) in [6.45, 7) is 1.44. The number of esters is 1. The Morgan fingerprint density at radius 1 is 1.60 bits per heavy atom. The van der Waals surface area contributed by atoms with E-state index in [0.717, 1.165) is 12.8 Å². The topological polar surface area (TPSA) is 26.3 Å². The summed E-state index contributed by atoms with van der Waals surface area (Å²) in [6.07, 6.45) is 7.82. The van der Waals surface area contributed by atoms with Crippen LogP contribution in [-0.2, 0) is 9.53 Å². The standard InChI is InChI=1S/C8H11O2/c1-7(9)10-8-5-3-2-4-6-8/h2-4,8H,5-6H2,1H3. The lowest BCUT2D eigenvalue weighted by Crippen LogP contribution is -2.17. The Balaban J connectivity index is 2.28. The minimum atomic E-state index is -0.186. The molecule has 2 nitrogen and oxygen atoms in total. The summed E-state index contributed by atoms with van der Waals surface area (Å²) in [5, 5.41) is 0. The van der Waals surface area contributed by atoms with Gasteiger partial charge < -0.3 is 4.74 Å². The lowest BCUT2D eigenvalue weighted by Gasteiger charge is -2.16. The van der Waals surface area contributed by atoms with Crippen LogP contribution in [0.3, 0.4) is 0 Å². The van der Waals surface area contributed by atoms with Gasteiger partial charge in [0.15, 0.2) is 0 Å². The van der Waals surface area contributed by atoms with E-state index in [1.165, 1.54) is 6.92 Å². The summed E-state index contributed by atoms with van der Waals surface area (Å²) < 4.78 is 4.97. The molecule has 0 spiro atoms. The Bertz CT molecular complexity index is 149. The molecule has 1 radical (unpaired) electrons. The van der Waals surface area contributed by atoms with Crippen molar-refractivity contribution in [3.63, 3.8) is 0 Å². The Kier molecular flexibility index (Phi) is 2.49. The van der Waals surface area contributed by atoms with E-state index in [1.807, 2.05) is 18.6 Å². The quantitative estimate of drug-likeness (QED) is 0.514. The normalized spacial score (nSPS) is 24.3. The van der Waals surface area contributed by atoms with Crippen molar-refractivity contribution in [3.05, 3.63) is 18.6 Å². The fourth-order valence-electron chi connectivity index (χ4n) is 0.984. The number of carbonyl (C=O) groups is 1. The van der Waals surface area contributed by atoms with Crippen LogP contribution in [-0.4, -0.2) is 12.1 Å². The maximum absolute atomic E-state index is 10.5. The molecule has 0 bridgehead atoms. The molecule has 1 aliphatic rings. The highest BCUT2D eigenvalue weighted by atomic mass is 16.5. The van der Waals surface area contributed by atoms with Gasteiger partial charge in [-0.2, -0.15) is 0 Å². The van der Waals surface area contributed by atoms with Gasteiger partial charge in [-0.05, 0) is 12.8 Å². The van der Waals surface area contributed by atoms with Crippen molar-refractivity contribution in [2.75, 3.05) is 0 Å². The van der Waals surface area contributed by atoms with Crippen LogP contribution in [0.15, 0.2) is 12.2 Å². The van der Waals surface area contributed by atoms with E-state index in [4.69, 9.17) is 4.74 Å². The molecule has 0 aromatic carbocycles. The molecule has 1 aliphatic carbocycles. The van der Waals surface area contributed by atoms with Crippen LogP contribution in [0, 0.1) is 6.42 Å². The number of allylic oxidation sites excluding steroid dienone is 1. The van der Waals surface area contributed by atoms with Crippen molar-refractivity contribution in [2.24, 2.45) is 0 Å². The first-order valence-corrected chi connectivity index (χ1v) is 3.44. The molecule has 0 saturated heterocycles. The monoisotopic (exact) mass is 139 g/mol. The lowest BCUT2D eigenvalue weighted by atomic mass is 10.1. The van der Waals surface area contributed by atoms with Crippen molar-refractivity contribution < 1.29 is 9.53 Å². The van der Waals surface area contributed by atoms with Crippen LogP contribution >= 0.6 is 0 Å². The van der Waals surface area contributed by atoms with Crippen LogP contribution in [0.2, 0.25) is 0 Å². The third kappa shape index (κ3) is 2.21. The summed E-state index contributed by atoms with van der Waals surface area (Å²) >= 11 is 0. The van der Waals surface area contributed by atoms with Gasteiger partial charge in [0.05, 0.1) is 0 Å². The molecule has 2 heteroatoms. The number of rotatable bonds is 1. The predicted molar refractivity (Wildman–Crippen MR) is 38.2 cm³/mol. The van der Waals surface area contributed by atoms with E-state index in [2.05, 4.69) is 0 Å². The average molecular weight is 139 g/mol. The summed E-state index contributed by atoms with van der Waals surface area (Å²) in [5.74, 6) is -0.186. The highest BCUT2D eigenvalue weighted by Gasteiger charge is 2.11. The summed E-state index contributed by atoms with van der Waals surface area (Å²) in [5.41, 5.74) is 0. The zero-order valence-electron chi connectivity index (χ0n) is 6.04. The Labute approximate surface area is 60.9 Å². The summed E-state index contributed by atoms with van der Waals surface area (Å²) in [6, 6.07) is 0. The number of ether oxygens (including phenoxy) is 1. The SMILES string of the molecule is CC(=O)OC1C[CH]C=CC1. The van der Waals surface area contributed by atoms with Gasteiger partial charge >= 0.3 is 5.97 Å². The minimum Gasteiger partial charge on any atom is -0.462 e. The molecule has 0 aliphatic heterocycles. The Morgan fingerprint density at radius 2 is 2.40 bits per heavy atom. The van der Waals surface area contributed by atoms with Crippen molar-refractivity contribution in [3.8, 4) is 0 Å². The Hall–Kier alpha value is -0.790. The molecule has 0 aromatic heterocycles. The first-order chi connectivity index (χ1) is 4.79. The summed E-state index contributed by atoms with van der Waals surface area (Å²) in [7, 11) is 0. The van der Waals surface area contributed by atoms with E-state index < -0.39 is 0 Å². The van der Waals surface area contributed by atoms with E-state index in [9.17, 15) is 4.79 Å². The van der Waals surface area contributed by atoms with E-state index >= 15 is 0 Å². The first kappa shape index (κ1) is 7.32. The van der Waals surface area contributed by atoms with Crippen molar-refractivity contribution in [2.45, 2.75) is 25.9 Å². The molecule has 0 N–H and O–H groups in total. The van der Waals surface area contributed by atoms with Gasteiger partial charge in [0.25, 0.3) is 0 Å². The molecule has 55 valence electrons.